The quantitative estimate of drug-likeness (QED) is 0.856. The van der Waals surface area contributed by atoms with Crippen molar-refractivity contribution in [2.24, 2.45) is 0 Å². The molecule has 0 saturated carbocycles. The van der Waals surface area contributed by atoms with Gasteiger partial charge in [0.2, 0.25) is 0 Å². The lowest BCUT2D eigenvalue weighted by atomic mass is 9.96. The first-order chi connectivity index (χ1) is 7.89. The molecule has 2 heterocycles. The van der Waals surface area contributed by atoms with E-state index in [9.17, 15) is 4.79 Å². The molecule has 2 rings (SSSR count). The summed E-state index contributed by atoms with van der Waals surface area (Å²) in [5.74, 6) is -0.0295. The number of hydrogen-bond donors (Lipinski definition) is 1. The largest absolute Gasteiger partial charge is 0.481 e. The van der Waals surface area contributed by atoms with Gasteiger partial charge in [0.1, 0.15) is 5.82 Å². The Bertz CT molecular complexity index is 567. The Morgan fingerprint density at radius 3 is 2.71 bits per heavy atom. The van der Waals surface area contributed by atoms with Crippen LogP contribution in [-0.4, -0.2) is 25.7 Å². The second kappa shape index (κ2) is 3.84. The van der Waals surface area contributed by atoms with Crippen molar-refractivity contribution in [2.45, 2.75) is 32.6 Å². The third-order valence-electron chi connectivity index (χ3n) is 2.53. The number of carboxylic acid groups (broad SMARTS) is 1. The van der Waals surface area contributed by atoms with Crippen LogP contribution in [0, 0.1) is 0 Å². The number of pyridine rings is 1. The summed E-state index contributed by atoms with van der Waals surface area (Å²) in [6.07, 6.45) is 1.83. The molecule has 5 nitrogen and oxygen atoms in total. The van der Waals surface area contributed by atoms with Gasteiger partial charge in [-0.3, -0.25) is 9.20 Å². The molecule has 17 heavy (non-hydrogen) atoms. The van der Waals surface area contributed by atoms with Crippen LogP contribution in [0.25, 0.3) is 5.65 Å². The van der Waals surface area contributed by atoms with E-state index in [1.807, 2.05) is 37.4 Å². The second-order valence-electron chi connectivity index (χ2n) is 5.07. The van der Waals surface area contributed by atoms with E-state index in [0.717, 1.165) is 5.82 Å². The molecule has 0 aliphatic rings. The maximum absolute atomic E-state index is 10.8. The Kier molecular flexibility index (Phi) is 2.61. The van der Waals surface area contributed by atoms with Gasteiger partial charge in [0.25, 0.3) is 0 Å². The standard InChI is InChI=1S/C12H15N3O2/c1-12(2,3)11-14-13-10-8(7-9(16)17)5-4-6-15(10)11/h4-6H,7H2,1-3H3,(H,16,17). The third kappa shape index (κ3) is 2.13. The van der Waals surface area contributed by atoms with E-state index in [2.05, 4.69) is 10.2 Å². The van der Waals surface area contributed by atoms with E-state index >= 15 is 0 Å². The van der Waals surface area contributed by atoms with Gasteiger partial charge < -0.3 is 5.11 Å². The minimum absolute atomic E-state index is 0.0351. The molecule has 0 spiro atoms. The Morgan fingerprint density at radius 1 is 1.41 bits per heavy atom. The summed E-state index contributed by atoms with van der Waals surface area (Å²) < 4.78 is 1.86. The molecule has 1 N–H and O–H groups in total. The van der Waals surface area contributed by atoms with Crippen molar-refractivity contribution in [1.29, 1.82) is 0 Å². The van der Waals surface area contributed by atoms with Gasteiger partial charge in [-0.05, 0) is 6.07 Å². The highest BCUT2D eigenvalue weighted by Crippen LogP contribution is 2.22. The Balaban J connectivity index is 2.61. The summed E-state index contributed by atoms with van der Waals surface area (Å²) in [6.45, 7) is 6.15. The first-order valence-corrected chi connectivity index (χ1v) is 5.44. The second-order valence-corrected chi connectivity index (χ2v) is 5.07. The van der Waals surface area contributed by atoms with Crippen LogP contribution in [-0.2, 0) is 16.6 Å². The summed E-state index contributed by atoms with van der Waals surface area (Å²) in [5, 5.41) is 17.1. The number of carboxylic acids is 1. The lowest BCUT2D eigenvalue weighted by Crippen LogP contribution is -2.16. The minimum atomic E-state index is -0.863. The topological polar surface area (TPSA) is 67.5 Å². The van der Waals surface area contributed by atoms with Crippen LogP contribution in [0.1, 0.15) is 32.2 Å². The summed E-state index contributed by atoms with van der Waals surface area (Å²) in [4.78, 5) is 10.8. The van der Waals surface area contributed by atoms with E-state index in [1.165, 1.54) is 0 Å². The van der Waals surface area contributed by atoms with Crippen LogP contribution in [0.2, 0.25) is 0 Å². The zero-order chi connectivity index (χ0) is 12.6. The van der Waals surface area contributed by atoms with Crippen LogP contribution in [0.3, 0.4) is 0 Å². The zero-order valence-electron chi connectivity index (χ0n) is 10.1. The molecule has 2 aromatic rings. The highest BCUT2D eigenvalue weighted by atomic mass is 16.4. The molecule has 0 aliphatic carbocycles. The van der Waals surface area contributed by atoms with Gasteiger partial charge in [-0.25, -0.2) is 0 Å². The fraction of sp³-hybridized carbons (Fsp3) is 0.417. The summed E-state index contributed by atoms with van der Waals surface area (Å²) in [6, 6.07) is 3.59. The molecule has 0 radical (unpaired) electrons. The zero-order valence-corrected chi connectivity index (χ0v) is 10.1. The monoisotopic (exact) mass is 233 g/mol. The van der Waals surface area contributed by atoms with Gasteiger partial charge >= 0.3 is 5.97 Å². The maximum Gasteiger partial charge on any atom is 0.307 e. The van der Waals surface area contributed by atoms with Gasteiger partial charge in [0, 0.05) is 17.2 Å². The molecular formula is C12H15N3O2. The molecule has 2 aromatic heterocycles. The molecule has 0 aliphatic heterocycles. The predicted molar refractivity (Wildman–Crippen MR) is 63.0 cm³/mol. The van der Waals surface area contributed by atoms with Gasteiger partial charge in [-0.2, -0.15) is 0 Å². The van der Waals surface area contributed by atoms with Gasteiger partial charge in [-0.15, -0.1) is 10.2 Å². The summed E-state index contributed by atoms with van der Waals surface area (Å²) in [5.41, 5.74) is 1.18. The molecule has 0 atom stereocenters. The average Bonchev–Trinajstić information content (AvgIpc) is 2.60. The smallest absolute Gasteiger partial charge is 0.307 e. The molecule has 90 valence electrons. The van der Waals surface area contributed by atoms with Crippen LogP contribution in [0.5, 0.6) is 0 Å². The Hall–Kier alpha value is -1.91. The highest BCUT2D eigenvalue weighted by molar-refractivity contribution is 5.73. The minimum Gasteiger partial charge on any atom is -0.481 e. The van der Waals surface area contributed by atoms with Crippen molar-refractivity contribution in [3.63, 3.8) is 0 Å². The van der Waals surface area contributed by atoms with Gasteiger partial charge in [0.15, 0.2) is 5.65 Å². The third-order valence-corrected chi connectivity index (χ3v) is 2.53. The van der Waals surface area contributed by atoms with Crippen molar-refractivity contribution in [2.75, 3.05) is 0 Å². The van der Waals surface area contributed by atoms with E-state index in [1.54, 1.807) is 6.07 Å². The number of aliphatic carboxylic acids is 1. The first kappa shape index (κ1) is 11.6. The predicted octanol–water partition coefficient (Wildman–Crippen LogP) is 1.65. The lowest BCUT2D eigenvalue weighted by Gasteiger charge is -2.15. The van der Waals surface area contributed by atoms with Crippen molar-refractivity contribution < 1.29 is 9.90 Å². The number of rotatable bonds is 2. The molecule has 0 saturated heterocycles. The molecule has 0 bridgehead atoms. The normalized spacial score (nSPS) is 11.9. The highest BCUT2D eigenvalue weighted by Gasteiger charge is 2.21. The van der Waals surface area contributed by atoms with Crippen molar-refractivity contribution in [3.05, 3.63) is 29.7 Å². The van der Waals surface area contributed by atoms with E-state index in [4.69, 9.17) is 5.11 Å². The Labute approximate surface area is 99.1 Å². The molecule has 0 unspecified atom stereocenters. The maximum atomic E-state index is 10.8. The fourth-order valence-electron chi connectivity index (χ4n) is 1.78. The molecule has 0 amide bonds. The van der Waals surface area contributed by atoms with Crippen LogP contribution >= 0.6 is 0 Å². The molecule has 5 heteroatoms. The van der Waals surface area contributed by atoms with E-state index in [-0.39, 0.29) is 11.8 Å². The van der Waals surface area contributed by atoms with Crippen molar-refractivity contribution >= 4 is 11.6 Å². The van der Waals surface area contributed by atoms with E-state index < -0.39 is 5.97 Å². The first-order valence-electron chi connectivity index (χ1n) is 5.44. The van der Waals surface area contributed by atoms with E-state index in [0.29, 0.717) is 11.2 Å². The van der Waals surface area contributed by atoms with Crippen molar-refractivity contribution in [1.82, 2.24) is 14.6 Å². The van der Waals surface area contributed by atoms with Crippen LogP contribution in [0.4, 0.5) is 0 Å². The molecule has 0 fully saturated rings. The molecule has 0 aromatic carbocycles. The summed E-state index contributed by atoms with van der Waals surface area (Å²) >= 11 is 0. The fourth-order valence-corrected chi connectivity index (χ4v) is 1.78. The van der Waals surface area contributed by atoms with Crippen LogP contribution in [0.15, 0.2) is 18.3 Å². The number of fused-ring (bicyclic) bond motifs is 1. The average molecular weight is 233 g/mol. The van der Waals surface area contributed by atoms with Crippen LogP contribution < -0.4 is 0 Å². The van der Waals surface area contributed by atoms with Gasteiger partial charge in [-0.1, -0.05) is 26.8 Å². The Morgan fingerprint density at radius 2 is 2.12 bits per heavy atom. The molecular weight excluding hydrogens is 218 g/mol. The SMILES string of the molecule is CC(C)(C)c1nnc2c(CC(=O)O)cccn12. The number of carbonyl (C=O) groups is 1. The number of nitrogens with zero attached hydrogens (tertiary/aromatic N) is 3. The lowest BCUT2D eigenvalue weighted by molar-refractivity contribution is -0.136. The summed E-state index contributed by atoms with van der Waals surface area (Å²) in [7, 11) is 0. The van der Waals surface area contributed by atoms with Gasteiger partial charge in [0.05, 0.1) is 6.42 Å². The number of hydrogen-bond acceptors (Lipinski definition) is 3. The number of aromatic nitrogens is 3. The van der Waals surface area contributed by atoms with Crippen molar-refractivity contribution in [3.8, 4) is 0 Å².